The second-order valence-electron chi connectivity index (χ2n) is 4.50. The van der Waals surface area contributed by atoms with Crippen LogP contribution in [0.4, 0.5) is 4.39 Å². The van der Waals surface area contributed by atoms with E-state index in [2.05, 4.69) is 15.9 Å². The molecule has 2 rings (SSSR count). The van der Waals surface area contributed by atoms with E-state index in [-0.39, 0.29) is 15.7 Å². The lowest BCUT2D eigenvalue weighted by atomic mass is 10.0. The molecule has 2 aromatic carbocycles. The van der Waals surface area contributed by atoms with Crippen molar-refractivity contribution in [2.75, 3.05) is 14.2 Å². The fourth-order valence-corrected chi connectivity index (χ4v) is 3.00. The maximum Gasteiger partial charge on any atom is 0.160 e. The number of rotatable bonds is 5. The normalized spacial score (nSPS) is 12.0. The van der Waals surface area contributed by atoms with Crippen LogP contribution in [0.1, 0.15) is 16.0 Å². The van der Waals surface area contributed by atoms with Gasteiger partial charge in [-0.05, 0) is 30.2 Å². The van der Waals surface area contributed by atoms with E-state index < -0.39 is 0 Å². The molecule has 0 spiro atoms. The first-order valence-electron chi connectivity index (χ1n) is 6.35. The summed E-state index contributed by atoms with van der Waals surface area (Å²) in [6.45, 7) is 0. The topological polar surface area (TPSA) is 18.5 Å². The molecule has 0 saturated carbocycles. The van der Waals surface area contributed by atoms with Gasteiger partial charge in [-0.25, -0.2) is 4.39 Å². The maximum absolute atomic E-state index is 14.0. The van der Waals surface area contributed by atoms with Gasteiger partial charge in [-0.2, -0.15) is 0 Å². The van der Waals surface area contributed by atoms with Crippen LogP contribution in [0.3, 0.4) is 0 Å². The van der Waals surface area contributed by atoms with Gasteiger partial charge in [-0.1, -0.05) is 45.7 Å². The SMILES string of the molecule is COc1ccc(CC(Br)c2cccc(Cl)c2F)cc1OC. The standard InChI is InChI=1S/C16H15BrClFO2/c1-20-14-7-6-10(9-15(14)21-2)8-12(17)11-4-3-5-13(18)16(11)19/h3-7,9,12H,8H2,1-2H3. The summed E-state index contributed by atoms with van der Waals surface area (Å²) in [7, 11) is 3.18. The second kappa shape index (κ2) is 7.14. The highest BCUT2D eigenvalue weighted by atomic mass is 79.9. The van der Waals surface area contributed by atoms with Crippen molar-refractivity contribution < 1.29 is 13.9 Å². The number of hydrogen-bond donors (Lipinski definition) is 0. The van der Waals surface area contributed by atoms with Crippen molar-refractivity contribution in [3.05, 3.63) is 58.4 Å². The minimum Gasteiger partial charge on any atom is -0.493 e. The molecule has 2 aromatic rings. The van der Waals surface area contributed by atoms with Crippen LogP contribution < -0.4 is 9.47 Å². The molecule has 0 aliphatic carbocycles. The third kappa shape index (κ3) is 3.69. The number of benzene rings is 2. The van der Waals surface area contributed by atoms with Gasteiger partial charge in [0, 0.05) is 10.4 Å². The van der Waals surface area contributed by atoms with Crippen molar-refractivity contribution in [2.45, 2.75) is 11.2 Å². The van der Waals surface area contributed by atoms with Gasteiger partial charge in [-0.3, -0.25) is 0 Å². The molecule has 1 atom stereocenters. The summed E-state index contributed by atoms with van der Waals surface area (Å²) in [5.74, 6) is 0.934. The largest absolute Gasteiger partial charge is 0.493 e. The summed E-state index contributed by atoms with van der Waals surface area (Å²) in [6.07, 6.45) is 0.609. The highest BCUT2D eigenvalue weighted by molar-refractivity contribution is 9.09. The summed E-state index contributed by atoms with van der Waals surface area (Å²) in [4.78, 5) is -0.172. The zero-order valence-electron chi connectivity index (χ0n) is 11.7. The number of hydrogen-bond acceptors (Lipinski definition) is 2. The smallest absolute Gasteiger partial charge is 0.160 e. The fraction of sp³-hybridized carbons (Fsp3) is 0.250. The lowest BCUT2D eigenvalue weighted by molar-refractivity contribution is 0.354. The van der Waals surface area contributed by atoms with Crippen LogP contribution in [0, 0.1) is 5.82 Å². The van der Waals surface area contributed by atoms with Crippen molar-refractivity contribution in [2.24, 2.45) is 0 Å². The Kier molecular flexibility index (Phi) is 5.48. The molecule has 21 heavy (non-hydrogen) atoms. The molecular weight excluding hydrogens is 359 g/mol. The predicted molar refractivity (Wildman–Crippen MR) is 86.3 cm³/mol. The lowest BCUT2D eigenvalue weighted by Crippen LogP contribution is -2.00. The highest BCUT2D eigenvalue weighted by Gasteiger charge is 2.16. The third-order valence-electron chi connectivity index (χ3n) is 3.18. The minimum atomic E-state index is -0.387. The van der Waals surface area contributed by atoms with Gasteiger partial charge >= 0.3 is 0 Å². The van der Waals surface area contributed by atoms with E-state index in [1.165, 1.54) is 6.07 Å². The van der Waals surface area contributed by atoms with Crippen LogP contribution in [0.2, 0.25) is 5.02 Å². The van der Waals surface area contributed by atoms with Crippen molar-refractivity contribution in [1.82, 2.24) is 0 Å². The fourth-order valence-electron chi connectivity index (χ4n) is 2.09. The molecule has 0 fully saturated rings. The van der Waals surface area contributed by atoms with Crippen LogP contribution in [0.25, 0.3) is 0 Å². The number of methoxy groups -OCH3 is 2. The molecule has 0 aliphatic heterocycles. The Bertz CT molecular complexity index is 634. The van der Waals surface area contributed by atoms with E-state index in [9.17, 15) is 4.39 Å². The molecule has 0 aliphatic rings. The number of ether oxygens (including phenoxy) is 2. The molecule has 5 heteroatoms. The first-order chi connectivity index (χ1) is 10.1. The molecule has 0 amide bonds. The number of halogens is 3. The van der Waals surface area contributed by atoms with Gasteiger partial charge in [0.1, 0.15) is 5.82 Å². The van der Waals surface area contributed by atoms with E-state index >= 15 is 0 Å². The van der Waals surface area contributed by atoms with Crippen LogP contribution in [0.5, 0.6) is 11.5 Å². The summed E-state index contributed by atoms with van der Waals surface area (Å²) < 4.78 is 24.5. The van der Waals surface area contributed by atoms with E-state index in [4.69, 9.17) is 21.1 Å². The summed E-state index contributed by atoms with van der Waals surface area (Å²) in [6, 6.07) is 10.7. The summed E-state index contributed by atoms with van der Waals surface area (Å²) >= 11 is 9.33. The molecule has 0 aromatic heterocycles. The zero-order valence-corrected chi connectivity index (χ0v) is 14.0. The summed E-state index contributed by atoms with van der Waals surface area (Å²) in [5, 5.41) is 0.129. The molecule has 2 nitrogen and oxygen atoms in total. The predicted octanol–water partition coefficient (Wildman–Crippen LogP) is 5.18. The highest BCUT2D eigenvalue weighted by Crippen LogP contribution is 2.34. The van der Waals surface area contributed by atoms with Crippen molar-refractivity contribution in [1.29, 1.82) is 0 Å². The van der Waals surface area contributed by atoms with Crippen molar-refractivity contribution >= 4 is 27.5 Å². The van der Waals surface area contributed by atoms with E-state index in [1.807, 2.05) is 18.2 Å². The Labute approximate surface area is 137 Å². The second-order valence-corrected chi connectivity index (χ2v) is 6.02. The lowest BCUT2D eigenvalue weighted by Gasteiger charge is -2.14. The van der Waals surface area contributed by atoms with Crippen LogP contribution in [0.15, 0.2) is 36.4 Å². The summed E-state index contributed by atoms with van der Waals surface area (Å²) in [5.41, 5.74) is 1.55. The van der Waals surface area contributed by atoms with E-state index in [1.54, 1.807) is 26.4 Å². The quantitative estimate of drug-likeness (QED) is 0.673. The maximum atomic E-state index is 14.0. The Morgan fingerprint density at radius 2 is 1.86 bits per heavy atom. The van der Waals surface area contributed by atoms with Gasteiger partial charge < -0.3 is 9.47 Å². The van der Waals surface area contributed by atoms with Gasteiger partial charge in [0.25, 0.3) is 0 Å². The van der Waals surface area contributed by atoms with Crippen molar-refractivity contribution in [3.63, 3.8) is 0 Å². The molecule has 1 unspecified atom stereocenters. The Morgan fingerprint density at radius 1 is 1.14 bits per heavy atom. The number of alkyl halides is 1. The average Bonchev–Trinajstić information content (AvgIpc) is 2.49. The average molecular weight is 374 g/mol. The minimum absolute atomic E-state index is 0.129. The van der Waals surface area contributed by atoms with Crippen LogP contribution in [-0.4, -0.2) is 14.2 Å². The van der Waals surface area contributed by atoms with Crippen LogP contribution in [-0.2, 0) is 6.42 Å². The molecule has 112 valence electrons. The van der Waals surface area contributed by atoms with Crippen LogP contribution >= 0.6 is 27.5 Å². The first-order valence-corrected chi connectivity index (χ1v) is 7.65. The molecule has 0 radical (unpaired) electrons. The van der Waals surface area contributed by atoms with E-state index in [0.29, 0.717) is 23.5 Å². The molecule has 0 N–H and O–H groups in total. The molecule has 0 saturated heterocycles. The van der Waals surface area contributed by atoms with Gasteiger partial charge in [0.05, 0.1) is 19.2 Å². The molecule has 0 bridgehead atoms. The Hall–Kier alpha value is -1.26. The van der Waals surface area contributed by atoms with Gasteiger partial charge in [-0.15, -0.1) is 0 Å². The zero-order chi connectivity index (χ0) is 15.4. The first kappa shape index (κ1) is 16.1. The van der Waals surface area contributed by atoms with Gasteiger partial charge in [0.2, 0.25) is 0 Å². The van der Waals surface area contributed by atoms with Crippen molar-refractivity contribution in [3.8, 4) is 11.5 Å². The van der Waals surface area contributed by atoms with Gasteiger partial charge in [0.15, 0.2) is 11.5 Å². The molecular formula is C16H15BrClFO2. The third-order valence-corrected chi connectivity index (χ3v) is 4.29. The Morgan fingerprint density at radius 3 is 2.52 bits per heavy atom. The monoisotopic (exact) mass is 372 g/mol. The Balaban J connectivity index is 2.23. The van der Waals surface area contributed by atoms with E-state index in [0.717, 1.165) is 5.56 Å². The molecule has 0 heterocycles.